The van der Waals surface area contributed by atoms with E-state index < -0.39 is 41.5 Å². The van der Waals surface area contributed by atoms with Crippen molar-refractivity contribution >= 4 is 12.0 Å². The number of nitrogens with two attached hydrogens (primary N) is 1. The van der Waals surface area contributed by atoms with Crippen LogP contribution in [0.25, 0.3) is 0 Å². The minimum absolute atomic E-state index is 0.00107. The molecule has 0 aliphatic rings. The van der Waals surface area contributed by atoms with Gasteiger partial charge < -0.3 is 36.4 Å². The molecule has 0 aliphatic heterocycles. The fourth-order valence-corrected chi connectivity index (χ4v) is 4.43. The molecule has 0 heterocycles. The van der Waals surface area contributed by atoms with Crippen LogP contribution in [-0.2, 0) is 22.4 Å². The van der Waals surface area contributed by atoms with Crippen molar-refractivity contribution < 1.29 is 29.6 Å². The third-order valence-corrected chi connectivity index (χ3v) is 6.36. The molecule has 0 radical (unpaired) electrons. The van der Waals surface area contributed by atoms with Gasteiger partial charge in [-0.25, -0.2) is 4.79 Å². The van der Waals surface area contributed by atoms with Gasteiger partial charge in [-0.15, -0.1) is 0 Å². The van der Waals surface area contributed by atoms with Crippen molar-refractivity contribution in [3.63, 3.8) is 0 Å². The first-order valence-electron chi connectivity index (χ1n) is 12.4. The van der Waals surface area contributed by atoms with Crippen molar-refractivity contribution in [2.45, 2.75) is 76.5 Å². The molecule has 0 spiro atoms. The monoisotopic (exact) mass is 515 g/mol. The lowest BCUT2D eigenvalue weighted by molar-refractivity contribution is -0.139. The molecule has 0 saturated heterocycles. The van der Waals surface area contributed by atoms with E-state index in [9.17, 15) is 24.9 Å². The van der Waals surface area contributed by atoms with E-state index in [-0.39, 0.29) is 25.2 Å². The van der Waals surface area contributed by atoms with Crippen LogP contribution in [0.15, 0.2) is 60.7 Å². The van der Waals surface area contributed by atoms with E-state index in [0.29, 0.717) is 6.42 Å². The van der Waals surface area contributed by atoms with Crippen LogP contribution in [0.4, 0.5) is 4.79 Å². The summed E-state index contributed by atoms with van der Waals surface area (Å²) in [6, 6.07) is 17.8. The van der Waals surface area contributed by atoms with Crippen LogP contribution in [-0.4, -0.2) is 64.4 Å². The zero-order chi connectivity index (χ0) is 27.6. The van der Waals surface area contributed by atoms with Gasteiger partial charge in [0, 0.05) is 13.5 Å². The molecule has 0 aliphatic carbocycles. The number of carbonyl (C=O) groups excluding carboxylic acids is 1. The van der Waals surface area contributed by atoms with E-state index in [4.69, 9.17) is 10.5 Å². The Morgan fingerprint density at radius 2 is 1.49 bits per heavy atom. The standard InChI is InChI=1S/C28H41N3O6/c1-27(2,3)24(37-4)25(34)30-21(17-19-11-7-5-8-12-19)22(32)15-16-23(33)28(29,31-26(35)36)18-20-13-9-6-10-14-20/h5-14,21-24,31-33H,15-18,29H2,1-4H3,(H,30,34)(H,35,36). The Kier molecular flexibility index (Phi) is 11.1. The van der Waals surface area contributed by atoms with Gasteiger partial charge >= 0.3 is 6.09 Å². The summed E-state index contributed by atoms with van der Waals surface area (Å²) in [7, 11) is 1.47. The van der Waals surface area contributed by atoms with Gasteiger partial charge in [0.1, 0.15) is 11.8 Å². The summed E-state index contributed by atoms with van der Waals surface area (Å²) in [5, 5.41) is 36.6. The third kappa shape index (κ3) is 9.44. The number of nitrogens with one attached hydrogen (secondary N) is 2. The summed E-state index contributed by atoms with van der Waals surface area (Å²) in [6.07, 6.45) is -3.95. The summed E-state index contributed by atoms with van der Waals surface area (Å²) in [5.74, 6) is -0.347. The molecule has 0 aromatic heterocycles. The number of rotatable bonds is 13. The molecule has 0 saturated carbocycles. The molecule has 2 rings (SSSR count). The van der Waals surface area contributed by atoms with Gasteiger partial charge in [-0.1, -0.05) is 81.4 Å². The van der Waals surface area contributed by atoms with E-state index in [1.807, 2.05) is 57.2 Å². The van der Waals surface area contributed by atoms with Gasteiger partial charge in [-0.05, 0) is 35.8 Å². The first kappa shape index (κ1) is 30.2. The smallest absolute Gasteiger partial charge is 0.406 e. The van der Waals surface area contributed by atoms with Gasteiger partial charge in [0.25, 0.3) is 0 Å². The molecule has 5 atom stereocenters. The lowest BCUT2D eigenvalue weighted by Crippen LogP contribution is -2.64. The number of amides is 2. The Balaban J connectivity index is 2.17. The molecular formula is C28H41N3O6. The topological polar surface area (TPSA) is 154 Å². The highest BCUT2D eigenvalue weighted by Gasteiger charge is 2.37. The summed E-state index contributed by atoms with van der Waals surface area (Å²) in [6.45, 7) is 5.67. The molecule has 2 aromatic rings. The fraction of sp³-hybridized carbons (Fsp3) is 0.500. The number of carbonyl (C=O) groups is 2. The maximum Gasteiger partial charge on any atom is 0.406 e. The van der Waals surface area contributed by atoms with E-state index >= 15 is 0 Å². The Morgan fingerprint density at radius 1 is 0.946 bits per heavy atom. The molecule has 5 unspecified atom stereocenters. The van der Waals surface area contributed by atoms with Crippen LogP contribution in [0.3, 0.4) is 0 Å². The van der Waals surface area contributed by atoms with Crippen molar-refractivity contribution in [1.82, 2.24) is 10.6 Å². The summed E-state index contributed by atoms with van der Waals surface area (Å²) >= 11 is 0. The lowest BCUT2D eigenvalue weighted by atomic mass is 9.87. The van der Waals surface area contributed by atoms with Crippen molar-refractivity contribution in [2.75, 3.05) is 7.11 Å². The number of aliphatic hydroxyl groups excluding tert-OH is 2. The molecule has 2 amide bonds. The van der Waals surface area contributed by atoms with Crippen LogP contribution in [0.1, 0.15) is 44.7 Å². The molecule has 0 fully saturated rings. The average molecular weight is 516 g/mol. The largest absolute Gasteiger partial charge is 0.465 e. The van der Waals surface area contributed by atoms with Gasteiger partial charge in [0.05, 0.1) is 18.2 Å². The van der Waals surface area contributed by atoms with Crippen LogP contribution >= 0.6 is 0 Å². The Morgan fingerprint density at radius 3 is 1.97 bits per heavy atom. The van der Waals surface area contributed by atoms with Crippen molar-refractivity contribution in [2.24, 2.45) is 11.1 Å². The van der Waals surface area contributed by atoms with Gasteiger partial charge in [0.15, 0.2) is 0 Å². The highest BCUT2D eigenvalue weighted by molar-refractivity contribution is 5.82. The predicted octanol–water partition coefficient (Wildman–Crippen LogP) is 2.44. The zero-order valence-corrected chi connectivity index (χ0v) is 22.1. The first-order chi connectivity index (χ1) is 17.4. The number of hydrogen-bond acceptors (Lipinski definition) is 6. The lowest BCUT2D eigenvalue weighted by Gasteiger charge is -2.35. The Hall–Kier alpha value is -2.98. The van der Waals surface area contributed by atoms with E-state index in [1.54, 1.807) is 24.3 Å². The summed E-state index contributed by atoms with van der Waals surface area (Å²) < 4.78 is 5.43. The van der Waals surface area contributed by atoms with E-state index in [2.05, 4.69) is 10.6 Å². The number of aliphatic hydroxyl groups is 2. The molecule has 37 heavy (non-hydrogen) atoms. The molecular weight excluding hydrogens is 474 g/mol. The molecule has 0 bridgehead atoms. The fourth-order valence-electron chi connectivity index (χ4n) is 4.43. The molecule has 7 N–H and O–H groups in total. The zero-order valence-electron chi connectivity index (χ0n) is 22.1. The Bertz CT molecular complexity index is 982. The molecule has 9 nitrogen and oxygen atoms in total. The van der Waals surface area contributed by atoms with Crippen molar-refractivity contribution in [1.29, 1.82) is 0 Å². The minimum Gasteiger partial charge on any atom is -0.465 e. The number of benzene rings is 2. The maximum atomic E-state index is 13.1. The highest BCUT2D eigenvalue weighted by Crippen LogP contribution is 2.23. The van der Waals surface area contributed by atoms with Gasteiger partial charge in [-0.3, -0.25) is 4.79 Å². The highest BCUT2D eigenvalue weighted by atomic mass is 16.5. The second kappa shape index (κ2) is 13.5. The van der Waals surface area contributed by atoms with E-state index in [1.165, 1.54) is 7.11 Å². The third-order valence-electron chi connectivity index (χ3n) is 6.36. The quantitative estimate of drug-likeness (QED) is 0.224. The van der Waals surface area contributed by atoms with Gasteiger partial charge in [0.2, 0.25) is 5.91 Å². The van der Waals surface area contributed by atoms with Crippen LogP contribution < -0.4 is 16.4 Å². The minimum atomic E-state index is -1.67. The van der Waals surface area contributed by atoms with Crippen LogP contribution in [0.2, 0.25) is 0 Å². The SMILES string of the molecule is COC(C(=O)NC(Cc1ccccc1)C(O)CCC(O)C(N)(Cc1ccccc1)NC(=O)O)C(C)(C)C. The first-order valence-corrected chi connectivity index (χ1v) is 12.4. The molecule has 204 valence electrons. The summed E-state index contributed by atoms with van der Waals surface area (Å²) in [5.41, 5.74) is 5.88. The average Bonchev–Trinajstić information content (AvgIpc) is 2.82. The number of methoxy groups -OCH3 is 1. The number of ether oxygens (including phenoxy) is 1. The number of carboxylic acid groups (broad SMARTS) is 1. The predicted molar refractivity (Wildman–Crippen MR) is 142 cm³/mol. The van der Waals surface area contributed by atoms with Crippen LogP contribution in [0, 0.1) is 5.41 Å². The Labute approximate surface area is 219 Å². The number of hydrogen-bond donors (Lipinski definition) is 6. The van der Waals surface area contributed by atoms with Crippen molar-refractivity contribution in [3.8, 4) is 0 Å². The van der Waals surface area contributed by atoms with E-state index in [0.717, 1.165) is 11.1 Å². The second-order valence-corrected chi connectivity index (χ2v) is 10.6. The normalized spacial score (nSPS) is 16.6. The van der Waals surface area contributed by atoms with Crippen molar-refractivity contribution in [3.05, 3.63) is 71.8 Å². The molecule has 9 heteroatoms. The summed E-state index contributed by atoms with van der Waals surface area (Å²) in [4.78, 5) is 24.5. The maximum absolute atomic E-state index is 13.1. The molecule has 2 aromatic carbocycles. The van der Waals surface area contributed by atoms with Gasteiger partial charge in [-0.2, -0.15) is 0 Å². The second-order valence-electron chi connectivity index (χ2n) is 10.6. The van der Waals surface area contributed by atoms with Crippen LogP contribution in [0.5, 0.6) is 0 Å².